The van der Waals surface area contributed by atoms with Crippen LogP contribution in [0.5, 0.6) is 11.5 Å². The van der Waals surface area contributed by atoms with Gasteiger partial charge >= 0.3 is 12.5 Å². The van der Waals surface area contributed by atoms with Crippen LogP contribution in [-0.2, 0) is 6.11 Å². The first-order chi connectivity index (χ1) is 15.2. The molecule has 0 saturated heterocycles. The Kier molecular flexibility index (Phi) is 6.42. The van der Waals surface area contributed by atoms with E-state index < -0.39 is 74.8 Å². The number of alkyl halides is 5. The Morgan fingerprint density at radius 2 is 1.18 bits per heavy atom. The molecule has 3 aromatic rings. The molecule has 0 aliphatic carbocycles. The van der Waals surface area contributed by atoms with E-state index in [1.54, 1.807) is 0 Å². The number of rotatable bonds is 5. The van der Waals surface area contributed by atoms with E-state index in [2.05, 4.69) is 9.47 Å². The molecule has 0 aliphatic heterocycles. The van der Waals surface area contributed by atoms with Gasteiger partial charge in [0, 0.05) is 16.7 Å². The lowest BCUT2D eigenvalue weighted by molar-refractivity contribution is -0.276. The van der Waals surface area contributed by atoms with E-state index in [4.69, 9.17) is 11.6 Å². The number of hydrogen-bond acceptors (Lipinski definition) is 2. The topological polar surface area (TPSA) is 18.5 Å². The van der Waals surface area contributed by atoms with E-state index in [-0.39, 0.29) is 0 Å². The zero-order chi connectivity index (χ0) is 24.7. The fourth-order valence-corrected chi connectivity index (χ4v) is 2.93. The maximum absolute atomic E-state index is 14.4. The molecule has 176 valence electrons. The highest BCUT2D eigenvalue weighted by Gasteiger charge is 2.41. The third-order valence-corrected chi connectivity index (χ3v) is 4.23. The minimum absolute atomic E-state index is 0.310. The Morgan fingerprint density at radius 1 is 0.636 bits per heavy atom. The summed E-state index contributed by atoms with van der Waals surface area (Å²) in [4.78, 5) is 0. The molecule has 2 nitrogen and oxygen atoms in total. The number of ether oxygens (including phenoxy) is 2. The predicted octanol–water partition coefficient (Wildman–Crippen LogP) is 7.73. The highest BCUT2D eigenvalue weighted by molar-refractivity contribution is 6.30. The van der Waals surface area contributed by atoms with Crippen molar-refractivity contribution in [2.75, 3.05) is 0 Å². The summed E-state index contributed by atoms with van der Waals surface area (Å²) in [5.74, 6) is -11.2. The van der Waals surface area contributed by atoms with Gasteiger partial charge in [0.25, 0.3) is 0 Å². The van der Waals surface area contributed by atoms with E-state index >= 15 is 0 Å². The average molecular weight is 505 g/mol. The molecular formula is C20H7ClF10O2. The van der Waals surface area contributed by atoms with Gasteiger partial charge in [0.2, 0.25) is 5.75 Å². The molecule has 0 bridgehead atoms. The van der Waals surface area contributed by atoms with Gasteiger partial charge in [-0.25, -0.2) is 22.0 Å². The van der Waals surface area contributed by atoms with E-state index in [1.807, 2.05) is 0 Å². The van der Waals surface area contributed by atoms with Crippen molar-refractivity contribution in [2.45, 2.75) is 12.5 Å². The van der Waals surface area contributed by atoms with Crippen LogP contribution in [-0.4, -0.2) is 6.36 Å². The fourth-order valence-electron chi connectivity index (χ4n) is 2.74. The lowest BCUT2D eigenvalue weighted by Crippen LogP contribution is -2.25. The van der Waals surface area contributed by atoms with Crippen LogP contribution < -0.4 is 9.47 Å². The van der Waals surface area contributed by atoms with Gasteiger partial charge in [-0.1, -0.05) is 11.6 Å². The lowest BCUT2D eigenvalue weighted by Gasteiger charge is -2.20. The van der Waals surface area contributed by atoms with Gasteiger partial charge in [-0.3, -0.25) is 0 Å². The minimum Gasteiger partial charge on any atom is -0.429 e. The standard InChI is InChI=1S/C20H7ClF10O2/c21-9-5-13(23)17(14(24)6-9)19(27,28)32-10-1-2-11(12(22)7-10)8-3-15(25)18(16(26)4-8)33-20(29,30)31/h1-7H. The van der Waals surface area contributed by atoms with Crippen LogP contribution in [0, 0.1) is 29.1 Å². The Morgan fingerprint density at radius 3 is 1.67 bits per heavy atom. The molecule has 0 unspecified atom stereocenters. The van der Waals surface area contributed by atoms with Crippen molar-refractivity contribution in [1.29, 1.82) is 0 Å². The second-order valence-corrected chi connectivity index (χ2v) is 6.76. The first kappa shape index (κ1) is 24.5. The first-order valence-electron chi connectivity index (χ1n) is 8.44. The number of hydrogen-bond donors (Lipinski definition) is 0. The quantitative estimate of drug-likeness (QED) is 0.331. The van der Waals surface area contributed by atoms with Crippen LogP contribution in [0.25, 0.3) is 11.1 Å². The molecule has 0 saturated carbocycles. The van der Waals surface area contributed by atoms with Crippen molar-refractivity contribution in [2.24, 2.45) is 0 Å². The van der Waals surface area contributed by atoms with Crippen LogP contribution in [0.15, 0.2) is 42.5 Å². The van der Waals surface area contributed by atoms with Crippen LogP contribution >= 0.6 is 11.6 Å². The van der Waals surface area contributed by atoms with Crippen LogP contribution in [0.3, 0.4) is 0 Å². The largest absolute Gasteiger partial charge is 0.573 e. The highest BCUT2D eigenvalue weighted by Crippen LogP contribution is 2.38. The van der Waals surface area contributed by atoms with E-state index in [1.165, 1.54) is 0 Å². The summed E-state index contributed by atoms with van der Waals surface area (Å²) in [6, 6.07) is 3.12. The summed E-state index contributed by atoms with van der Waals surface area (Å²) < 4.78 is 142. The SMILES string of the molecule is Fc1cc(OC(F)(F)c2c(F)cc(Cl)cc2F)ccc1-c1cc(F)c(OC(F)(F)F)c(F)c1. The maximum Gasteiger partial charge on any atom is 0.573 e. The first-order valence-corrected chi connectivity index (χ1v) is 8.82. The molecule has 3 rings (SSSR count). The zero-order valence-electron chi connectivity index (χ0n) is 15.5. The monoisotopic (exact) mass is 504 g/mol. The molecule has 0 spiro atoms. The Labute approximate surface area is 182 Å². The second-order valence-electron chi connectivity index (χ2n) is 6.32. The van der Waals surface area contributed by atoms with Gasteiger partial charge in [0.15, 0.2) is 11.6 Å². The average Bonchev–Trinajstić information content (AvgIpc) is 2.62. The molecule has 0 radical (unpaired) electrons. The summed E-state index contributed by atoms with van der Waals surface area (Å²) in [5, 5.41) is -0.508. The smallest absolute Gasteiger partial charge is 0.429 e. The second kappa shape index (κ2) is 8.65. The third-order valence-electron chi connectivity index (χ3n) is 4.01. The number of halogens is 11. The normalized spacial score (nSPS) is 12.1. The van der Waals surface area contributed by atoms with Crippen molar-refractivity contribution in [3.8, 4) is 22.6 Å². The van der Waals surface area contributed by atoms with Gasteiger partial charge in [-0.2, -0.15) is 8.78 Å². The molecule has 0 N–H and O–H groups in total. The molecule has 0 amide bonds. The predicted molar refractivity (Wildman–Crippen MR) is 94.3 cm³/mol. The molecule has 0 heterocycles. The van der Waals surface area contributed by atoms with Crippen molar-refractivity contribution in [1.82, 2.24) is 0 Å². The Hall–Kier alpha value is -3.15. The van der Waals surface area contributed by atoms with Gasteiger partial charge in [-0.15, -0.1) is 13.2 Å². The van der Waals surface area contributed by atoms with Gasteiger partial charge in [0.1, 0.15) is 28.8 Å². The van der Waals surface area contributed by atoms with Gasteiger partial charge < -0.3 is 9.47 Å². The fraction of sp³-hybridized carbons (Fsp3) is 0.100. The minimum atomic E-state index is -5.40. The van der Waals surface area contributed by atoms with E-state index in [0.717, 1.165) is 0 Å². The molecule has 0 aromatic heterocycles. The molecule has 33 heavy (non-hydrogen) atoms. The molecule has 0 aliphatic rings. The summed E-state index contributed by atoms with van der Waals surface area (Å²) in [6.07, 6.45) is -10.0. The Balaban J connectivity index is 1.92. The van der Waals surface area contributed by atoms with Crippen LogP contribution in [0.2, 0.25) is 5.02 Å². The van der Waals surface area contributed by atoms with Crippen LogP contribution in [0.1, 0.15) is 5.56 Å². The number of benzene rings is 3. The maximum atomic E-state index is 14.4. The third kappa shape index (κ3) is 5.44. The summed E-state index contributed by atoms with van der Waals surface area (Å²) in [6.45, 7) is 0. The van der Waals surface area contributed by atoms with Gasteiger partial charge in [-0.05, 0) is 42.0 Å². The van der Waals surface area contributed by atoms with Crippen LogP contribution in [0.4, 0.5) is 43.9 Å². The van der Waals surface area contributed by atoms with E-state index in [0.29, 0.717) is 42.5 Å². The van der Waals surface area contributed by atoms with Crippen molar-refractivity contribution >= 4 is 11.6 Å². The highest BCUT2D eigenvalue weighted by atomic mass is 35.5. The molecular weight excluding hydrogens is 498 g/mol. The molecule has 3 aromatic carbocycles. The Bertz CT molecular complexity index is 1160. The molecule has 0 fully saturated rings. The van der Waals surface area contributed by atoms with Crippen molar-refractivity contribution < 1.29 is 53.4 Å². The van der Waals surface area contributed by atoms with E-state index in [9.17, 15) is 43.9 Å². The lowest BCUT2D eigenvalue weighted by atomic mass is 10.0. The van der Waals surface area contributed by atoms with Crippen molar-refractivity contribution in [3.05, 3.63) is 82.1 Å². The van der Waals surface area contributed by atoms with Crippen molar-refractivity contribution in [3.63, 3.8) is 0 Å². The summed E-state index contributed by atoms with van der Waals surface area (Å²) in [5.41, 5.74) is -3.03. The van der Waals surface area contributed by atoms with Gasteiger partial charge in [0.05, 0.1) is 0 Å². The summed E-state index contributed by atoms with van der Waals surface area (Å²) >= 11 is 5.36. The summed E-state index contributed by atoms with van der Waals surface area (Å²) in [7, 11) is 0. The molecule has 13 heteroatoms. The molecule has 0 atom stereocenters. The zero-order valence-corrected chi connectivity index (χ0v) is 16.3.